The minimum Gasteiger partial charge on any atom is -0.493 e. The fourth-order valence-electron chi connectivity index (χ4n) is 2.57. The molecule has 0 saturated heterocycles. The van der Waals surface area contributed by atoms with Crippen LogP contribution in [0.2, 0.25) is 0 Å². The first-order chi connectivity index (χ1) is 14.0. The van der Waals surface area contributed by atoms with Crippen molar-refractivity contribution < 1.29 is 19.1 Å². The molecule has 0 aliphatic heterocycles. The molecule has 0 aliphatic rings. The second-order valence-electron chi connectivity index (χ2n) is 6.24. The molecular weight excluding hydrogens is 390 g/mol. The number of aromatic nitrogens is 1. The number of thiazole rings is 1. The van der Waals surface area contributed by atoms with Crippen LogP contribution in [0.3, 0.4) is 0 Å². The molecule has 2 N–H and O–H groups in total. The molecule has 0 unspecified atom stereocenters. The fraction of sp³-hybridized carbons (Fsp3) is 0.190. The highest BCUT2D eigenvalue weighted by Crippen LogP contribution is 2.28. The van der Waals surface area contributed by atoms with E-state index in [1.54, 1.807) is 13.0 Å². The number of carbonyl (C=O) groups is 2. The van der Waals surface area contributed by atoms with Crippen LogP contribution >= 0.6 is 11.3 Å². The maximum Gasteiger partial charge on any atom is 0.281 e. The van der Waals surface area contributed by atoms with Crippen molar-refractivity contribution in [3.05, 3.63) is 64.7 Å². The number of hydrazine groups is 1. The Morgan fingerprint density at radius 3 is 2.52 bits per heavy atom. The van der Waals surface area contributed by atoms with Crippen molar-refractivity contribution in [1.82, 2.24) is 15.8 Å². The summed E-state index contributed by atoms with van der Waals surface area (Å²) in [5.41, 5.74) is 7.30. The molecule has 3 aromatic rings. The van der Waals surface area contributed by atoms with E-state index in [0.29, 0.717) is 22.1 Å². The van der Waals surface area contributed by atoms with E-state index in [-0.39, 0.29) is 6.61 Å². The number of amides is 2. The predicted octanol–water partition coefficient (Wildman–Crippen LogP) is 3.28. The van der Waals surface area contributed by atoms with Gasteiger partial charge in [-0.2, -0.15) is 0 Å². The minimum absolute atomic E-state index is 0.267. The van der Waals surface area contributed by atoms with E-state index in [9.17, 15) is 9.59 Å². The number of benzene rings is 2. The highest BCUT2D eigenvalue weighted by molar-refractivity contribution is 7.17. The molecule has 0 radical (unpaired) electrons. The van der Waals surface area contributed by atoms with Crippen molar-refractivity contribution in [3.63, 3.8) is 0 Å². The van der Waals surface area contributed by atoms with E-state index >= 15 is 0 Å². The number of hydrogen-bond acceptors (Lipinski definition) is 6. The average Bonchev–Trinajstić information content (AvgIpc) is 3.13. The van der Waals surface area contributed by atoms with Gasteiger partial charge in [0.05, 0.1) is 12.8 Å². The molecule has 0 atom stereocenters. The van der Waals surface area contributed by atoms with E-state index in [4.69, 9.17) is 9.47 Å². The Hall–Kier alpha value is -3.39. The summed E-state index contributed by atoms with van der Waals surface area (Å²) >= 11 is 1.27. The van der Waals surface area contributed by atoms with E-state index < -0.39 is 11.8 Å². The maximum atomic E-state index is 12.4. The number of ether oxygens (including phenoxy) is 2. The van der Waals surface area contributed by atoms with Crippen molar-refractivity contribution in [1.29, 1.82) is 0 Å². The standard InChI is InChI=1S/C21H21N3O4S/c1-13-9-10-16(17(11-13)27-3)28-12-18(25)23-24-20(26)19-14(2)22-21(29-19)15-7-5-4-6-8-15/h4-11H,12H2,1-3H3,(H,23,25)(H,24,26). The van der Waals surface area contributed by atoms with Gasteiger partial charge in [0.15, 0.2) is 18.1 Å². The third-order valence-electron chi connectivity index (χ3n) is 4.02. The molecule has 0 bridgehead atoms. The summed E-state index contributed by atoms with van der Waals surface area (Å²) in [4.78, 5) is 29.3. The summed E-state index contributed by atoms with van der Waals surface area (Å²) in [6.45, 7) is 3.42. The minimum atomic E-state index is -0.494. The van der Waals surface area contributed by atoms with Crippen LogP contribution in [0.15, 0.2) is 48.5 Å². The molecule has 2 amide bonds. The summed E-state index contributed by atoms with van der Waals surface area (Å²) in [7, 11) is 1.53. The Bertz CT molecular complexity index is 1020. The van der Waals surface area contributed by atoms with Gasteiger partial charge in [-0.3, -0.25) is 20.4 Å². The van der Waals surface area contributed by atoms with Gasteiger partial charge in [0.25, 0.3) is 11.8 Å². The van der Waals surface area contributed by atoms with Crippen LogP contribution in [0.5, 0.6) is 11.5 Å². The van der Waals surface area contributed by atoms with Gasteiger partial charge in [0, 0.05) is 5.56 Å². The number of nitrogens with zero attached hydrogens (tertiary/aromatic N) is 1. The van der Waals surface area contributed by atoms with Gasteiger partial charge in [0.1, 0.15) is 9.88 Å². The number of hydrogen-bond donors (Lipinski definition) is 2. The Balaban J connectivity index is 1.56. The largest absolute Gasteiger partial charge is 0.493 e. The van der Waals surface area contributed by atoms with Crippen LogP contribution in [0.4, 0.5) is 0 Å². The zero-order valence-corrected chi connectivity index (χ0v) is 17.1. The van der Waals surface area contributed by atoms with Gasteiger partial charge in [-0.1, -0.05) is 36.4 Å². The van der Waals surface area contributed by atoms with E-state index in [2.05, 4.69) is 15.8 Å². The van der Waals surface area contributed by atoms with Crippen molar-refractivity contribution in [2.75, 3.05) is 13.7 Å². The third kappa shape index (κ3) is 5.11. The highest BCUT2D eigenvalue weighted by Gasteiger charge is 2.17. The first-order valence-corrected chi connectivity index (χ1v) is 9.69. The number of nitrogens with one attached hydrogen (secondary N) is 2. The average molecular weight is 411 g/mol. The van der Waals surface area contributed by atoms with Crippen LogP contribution in [0, 0.1) is 13.8 Å². The molecule has 0 aliphatic carbocycles. The molecule has 29 heavy (non-hydrogen) atoms. The summed E-state index contributed by atoms with van der Waals surface area (Å²) in [5, 5.41) is 0.745. The van der Waals surface area contributed by atoms with Crippen molar-refractivity contribution in [2.45, 2.75) is 13.8 Å². The maximum absolute atomic E-state index is 12.4. The molecule has 7 nitrogen and oxygen atoms in total. The molecule has 8 heteroatoms. The molecule has 0 spiro atoms. The zero-order valence-electron chi connectivity index (χ0n) is 16.3. The van der Waals surface area contributed by atoms with E-state index in [1.165, 1.54) is 18.4 Å². The lowest BCUT2D eigenvalue weighted by Gasteiger charge is -2.11. The Morgan fingerprint density at radius 2 is 1.79 bits per heavy atom. The zero-order chi connectivity index (χ0) is 20.8. The van der Waals surface area contributed by atoms with Crippen LogP contribution in [0.25, 0.3) is 10.6 Å². The second kappa shape index (κ2) is 9.20. The van der Waals surface area contributed by atoms with Crippen LogP contribution in [-0.4, -0.2) is 30.5 Å². The molecule has 0 saturated carbocycles. The Labute approximate surface area is 172 Å². The number of carbonyl (C=O) groups excluding carboxylic acids is 2. The summed E-state index contributed by atoms with van der Waals surface area (Å²) < 4.78 is 10.7. The van der Waals surface area contributed by atoms with Crippen molar-refractivity contribution >= 4 is 23.2 Å². The van der Waals surface area contributed by atoms with Gasteiger partial charge >= 0.3 is 0 Å². The highest BCUT2D eigenvalue weighted by atomic mass is 32.1. The molecule has 3 rings (SSSR count). The smallest absolute Gasteiger partial charge is 0.281 e. The third-order valence-corrected chi connectivity index (χ3v) is 5.22. The van der Waals surface area contributed by atoms with Crippen molar-refractivity contribution in [2.24, 2.45) is 0 Å². The van der Waals surface area contributed by atoms with Gasteiger partial charge in [0.2, 0.25) is 0 Å². The number of aryl methyl sites for hydroxylation is 2. The van der Waals surface area contributed by atoms with Gasteiger partial charge in [-0.15, -0.1) is 11.3 Å². The van der Waals surface area contributed by atoms with Crippen LogP contribution < -0.4 is 20.3 Å². The summed E-state index contributed by atoms with van der Waals surface area (Å²) in [6.07, 6.45) is 0. The topological polar surface area (TPSA) is 89.5 Å². The van der Waals surface area contributed by atoms with E-state index in [1.807, 2.05) is 49.4 Å². The van der Waals surface area contributed by atoms with Gasteiger partial charge < -0.3 is 9.47 Å². The number of methoxy groups -OCH3 is 1. The Morgan fingerprint density at radius 1 is 1.03 bits per heavy atom. The molecule has 1 heterocycles. The lowest BCUT2D eigenvalue weighted by atomic mass is 10.2. The van der Waals surface area contributed by atoms with Crippen LogP contribution in [0.1, 0.15) is 20.9 Å². The lowest BCUT2D eigenvalue weighted by molar-refractivity contribution is -0.123. The summed E-state index contributed by atoms with van der Waals surface area (Å²) in [5.74, 6) is 0.0656. The molecule has 0 fully saturated rings. The fourth-order valence-corrected chi connectivity index (χ4v) is 3.53. The Kier molecular flexibility index (Phi) is 6.46. The predicted molar refractivity (Wildman–Crippen MR) is 111 cm³/mol. The summed E-state index contributed by atoms with van der Waals surface area (Å²) in [6, 6.07) is 15.0. The van der Waals surface area contributed by atoms with Crippen LogP contribution in [-0.2, 0) is 4.79 Å². The molecule has 150 valence electrons. The second-order valence-corrected chi connectivity index (χ2v) is 7.24. The molecular formula is C21H21N3O4S. The SMILES string of the molecule is COc1cc(C)ccc1OCC(=O)NNC(=O)c1sc(-c2ccccc2)nc1C. The van der Waals surface area contributed by atoms with Crippen molar-refractivity contribution in [3.8, 4) is 22.1 Å². The monoisotopic (exact) mass is 411 g/mol. The molecule has 2 aromatic carbocycles. The van der Waals surface area contributed by atoms with E-state index in [0.717, 1.165) is 16.1 Å². The quantitative estimate of drug-likeness (QED) is 0.608. The lowest BCUT2D eigenvalue weighted by Crippen LogP contribution is -2.43. The number of rotatable bonds is 6. The van der Waals surface area contributed by atoms with Gasteiger partial charge in [-0.05, 0) is 31.5 Å². The van der Waals surface area contributed by atoms with Gasteiger partial charge in [-0.25, -0.2) is 4.98 Å². The normalized spacial score (nSPS) is 10.3. The molecule has 1 aromatic heterocycles. The first kappa shape index (κ1) is 20.3. The first-order valence-electron chi connectivity index (χ1n) is 8.87.